The molecule has 1 aromatic heterocycles. The predicted octanol–water partition coefficient (Wildman–Crippen LogP) is 2.64. The molecule has 78 valence electrons. The van der Waals surface area contributed by atoms with E-state index in [0.29, 0.717) is 10.1 Å². The molecule has 0 aliphatic rings. The molecule has 1 heterocycles. The average molecular weight is 231 g/mol. The molecule has 2 aromatic rings. The molecule has 0 spiro atoms. The van der Waals surface area contributed by atoms with Gasteiger partial charge in [0.15, 0.2) is 5.16 Å². The summed E-state index contributed by atoms with van der Waals surface area (Å²) in [6, 6.07) is 9.78. The summed E-state index contributed by atoms with van der Waals surface area (Å²) in [7, 11) is 0. The number of hydrogen-bond donors (Lipinski definition) is 0. The van der Waals surface area contributed by atoms with Crippen LogP contribution in [0.5, 0.6) is 0 Å². The molecule has 0 aliphatic heterocycles. The second kappa shape index (κ2) is 4.73. The van der Waals surface area contributed by atoms with Crippen molar-refractivity contribution in [2.45, 2.75) is 10.1 Å². The molecular formula is C11H6FN3S. The summed E-state index contributed by atoms with van der Waals surface area (Å²) in [4.78, 5) is 8.35. The molecular weight excluding hydrogens is 225 g/mol. The van der Waals surface area contributed by atoms with Gasteiger partial charge in [0.05, 0.1) is 4.90 Å². The van der Waals surface area contributed by atoms with E-state index in [-0.39, 0.29) is 11.5 Å². The average Bonchev–Trinajstić information content (AvgIpc) is 2.32. The molecule has 0 N–H and O–H groups in total. The van der Waals surface area contributed by atoms with Gasteiger partial charge >= 0.3 is 0 Å². The molecule has 16 heavy (non-hydrogen) atoms. The Labute approximate surface area is 96.0 Å². The maximum atomic E-state index is 13.3. The number of halogens is 1. The molecule has 0 radical (unpaired) electrons. The third kappa shape index (κ3) is 2.35. The minimum atomic E-state index is -0.321. The van der Waals surface area contributed by atoms with Gasteiger partial charge in [0.2, 0.25) is 0 Å². The molecule has 0 saturated heterocycles. The molecule has 0 saturated carbocycles. The Bertz CT molecular complexity index is 551. The van der Waals surface area contributed by atoms with Crippen molar-refractivity contribution in [2.24, 2.45) is 0 Å². The van der Waals surface area contributed by atoms with Crippen molar-refractivity contribution in [2.75, 3.05) is 0 Å². The van der Waals surface area contributed by atoms with E-state index in [1.807, 2.05) is 6.07 Å². The van der Waals surface area contributed by atoms with Gasteiger partial charge in [0.25, 0.3) is 0 Å². The zero-order valence-electron chi connectivity index (χ0n) is 8.09. The number of rotatable bonds is 2. The van der Waals surface area contributed by atoms with Gasteiger partial charge in [-0.2, -0.15) is 5.26 Å². The lowest BCUT2D eigenvalue weighted by Crippen LogP contribution is -1.89. The van der Waals surface area contributed by atoms with Gasteiger partial charge in [-0.3, -0.25) is 0 Å². The lowest BCUT2D eigenvalue weighted by molar-refractivity contribution is 0.601. The number of nitriles is 1. The highest BCUT2D eigenvalue weighted by Gasteiger charge is 2.05. The van der Waals surface area contributed by atoms with Crippen LogP contribution in [0.3, 0.4) is 0 Å². The number of hydrogen-bond acceptors (Lipinski definition) is 4. The molecule has 0 atom stereocenters. The molecule has 0 bridgehead atoms. The van der Waals surface area contributed by atoms with Crippen LogP contribution >= 0.6 is 11.8 Å². The zero-order valence-corrected chi connectivity index (χ0v) is 8.91. The van der Waals surface area contributed by atoms with Crippen LogP contribution in [0, 0.1) is 17.1 Å². The van der Waals surface area contributed by atoms with Crippen molar-refractivity contribution in [3.05, 3.63) is 48.0 Å². The molecule has 0 aliphatic carbocycles. The molecule has 1 aromatic carbocycles. The van der Waals surface area contributed by atoms with Crippen molar-refractivity contribution in [3.8, 4) is 6.07 Å². The highest BCUT2D eigenvalue weighted by Crippen LogP contribution is 2.26. The van der Waals surface area contributed by atoms with Gasteiger partial charge in [0, 0.05) is 6.20 Å². The largest absolute Gasteiger partial charge is 0.231 e. The number of aromatic nitrogens is 2. The van der Waals surface area contributed by atoms with Gasteiger partial charge < -0.3 is 0 Å². The summed E-state index contributed by atoms with van der Waals surface area (Å²) in [5, 5.41) is 9.02. The molecule has 0 unspecified atom stereocenters. The van der Waals surface area contributed by atoms with E-state index in [9.17, 15) is 4.39 Å². The number of benzene rings is 1. The first-order valence-electron chi connectivity index (χ1n) is 4.45. The van der Waals surface area contributed by atoms with Crippen molar-refractivity contribution in [1.29, 1.82) is 5.26 Å². The predicted molar refractivity (Wildman–Crippen MR) is 57.3 cm³/mol. The highest BCUT2D eigenvalue weighted by atomic mass is 32.2. The zero-order chi connectivity index (χ0) is 11.4. The standard InChI is InChI=1S/C11H6FN3S/c12-9-3-1-2-4-10(9)16-11-14-6-5-8(7-13)15-11/h1-6H. The van der Waals surface area contributed by atoms with E-state index in [0.717, 1.165) is 11.8 Å². The fourth-order valence-corrected chi connectivity index (χ4v) is 1.84. The van der Waals surface area contributed by atoms with Gasteiger partial charge in [-0.1, -0.05) is 12.1 Å². The molecule has 0 fully saturated rings. The minimum absolute atomic E-state index is 0.272. The second-order valence-electron chi connectivity index (χ2n) is 2.87. The SMILES string of the molecule is N#Cc1ccnc(Sc2ccccc2F)n1. The minimum Gasteiger partial charge on any atom is -0.231 e. The lowest BCUT2D eigenvalue weighted by atomic mass is 10.3. The topological polar surface area (TPSA) is 49.6 Å². The summed E-state index contributed by atoms with van der Waals surface area (Å²) in [6.45, 7) is 0. The van der Waals surface area contributed by atoms with Crippen LogP contribution in [0.4, 0.5) is 4.39 Å². The van der Waals surface area contributed by atoms with E-state index >= 15 is 0 Å². The first-order valence-corrected chi connectivity index (χ1v) is 5.27. The van der Waals surface area contributed by atoms with Gasteiger partial charge in [-0.25, -0.2) is 14.4 Å². The van der Waals surface area contributed by atoms with Crippen LogP contribution in [0.1, 0.15) is 5.69 Å². The number of nitrogens with zero attached hydrogens (tertiary/aromatic N) is 3. The van der Waals surface area contributed by atoms with Crippen molar-refractivity contribution in [3.63, 3.8) is 0 Å². The van der Waals surface area contributed by atoms with Gasteiger partial charge in [0.1, 0.15) is 17.6 Å². The van der Waals surface area contributed by atoms with Crippen LogP contribution in [0.15, 0.2) is 46.6 Å². The van der Waals surface area contributed by atoms with Crippen LogP contribution in [-0.2, 0) is 0 Å². The molecule has 2 rings (SSSR count). The van der Waals surface area contributed by atoms with Crippen molar-refractivity contribution < 1.29 is 4.39 Å². The second-order valence-corrected chi connectivity index (χ2v) is 3.88. The summed E-state index contributed by atoms with van der Waals surface area (Å²) in [6.07, 6.45) is 1.48. The molecule has 0 amide bonds. The van der Waals surface area contributed by atoms with Crippen LogP contribution in [0.2, 0.25) is 0 Å². The maximum Gasteiger partial charge on any atom is 0.193 e. The smallest absolute Gasteiger partial charge is 0.193 e. The van der Waals surface area contributed by atoms with Crippen LogP contribution in [-0.4, -0.2) is 9.97 Å². The maximum absolute atomic E-state index is 13.3. The Morgan fingerprint density at radius 2 is 2.06 bits per heavy atom. The van der Waals surface area contributed by atoms with E-state index < -0.39 is 0 Å². The monoisotopic (exact) mass is 231 g/mol. The van der Waals surface area contributed by atoms with Crippen molar-refractivity contribution >= 4 is 11.8 Å². The lowest BCUT2D eigenvalue weighted by Gasteiger charge is -2.00. The summed E-state index contributed by atoms with van der Waals surface area (Å²) >= 11 is 1.10. The van der Waals surface area contributed by atoms with Crippen LogP contribution < -0.4 is 0 Å². The molecule has 3 nitrogen and oxygen atoms in total. The van der Waals surface area contributed by atoms with Gasteiger partial charge in [-0.05, 0) is 30.0 Å². The quantitative estimate of drug-likeness (QED) is 0.745. The summed E-state index contributed by atoms with van der Waals surface area (Å²) in [5.74, 6) is -0.321. The molecule has 5 heteroatoms. The third-order valence-corrected chi connectivity index (χ3v) is 2.72. The Balaban J connectivity index is 2.28. The Hall–Kier alpha value is -1.93. The van der Waals surface area contributed by atoms with E-state index in [1.165, 1.54) is 18.3 Å². The summed E-state index contributed by atoms with van der Waals surface area (Å²) in [5.41, 5.74) is 0.272. The fourth-order valence-electron chi connectivity index (χ4n) is 1.08. The Kier molecular flexibility index (Phi) is 3.13. The fraction of sp³-hybridized carbons (Fsp3) is 0. The first kappa shape index (κ1) is 10.6. The first-order chi connectivity index (χ1) is 7.79. The normalized spacial score (nSPS) is 9.75. The van der Waals surface area contributed by atoms with E-state index in [1.54, 1.807) is 18.2 Å². The van der Waals surface area contributed by atoms with E-state index in [4.69, 9.17) is 5.26 Å². The van der Waals surface area contributed by atoms with Crippen LogP contribution in [0.25, 0.3) is 0 Å². The van der Waals surface area contributed by atoms with Gasteiger partial charge in [-0.15, -0.1) is 0 Å². The Morgan fingerprint density at radius 1 is 1.25 bits per heavy atom. The van der Waals surface area contributed by atoms with E-state index in [2.05, 4.69) is 9.97 Å². The highest BCUT2D eigenvalue weighted by molar-refractivity contribution is 7.99. The third-order valence-electron chi connectivity index (χ3n) is 1.79. The Morgan fingerprint density at radius 3 is 2.81 bits per heavy atom. The van der Waals surface area contributed by atoms with Crippen molar-refractivity contribution in [1.82, 2.24) is 9.97 Å². The summed E-state index contributed by atoms with van der Waals surface area (Å²) < 4.78 is 13.3.